The molecule has 0 aromatic heterocycles. The first-order valence-electron chi connectivity index (χ1n) is 6.84. The highest BCUT2D eigenvalue weighted by Gasteiger charge is 2.32. The van der Waals surface area contributed by atoms with E-state index in [1.807, 2.05) is 0 Å². The molecule has 5 nitrogen and oxygen atoms in total. The molecule has 1 atom stereocenters. The summed E-state index contributed by atoms with van der Waals surface area (Å²) in [6.07, 6.45) is 3.05. The van der Waals surface area contributed by atoms with Crippen LogP contribution in [-0.2, 0) is 14.8 Å². The minimum Gasteiger partial charge on any atom is -0.341 e. The molecule has 0 unspecified atom stereocenters. The van der Waals surface area contributed by atoms with Gasteiger partial charge in [-0.1, -0.05) is 11.6 Å². The number of sulfonamides is 1. The molecule has 0 bridgehead atoms. The minimum absolute atomic E-state index is 0.159. The van der Waals surface area contributed by atoms with Crippen LogP contribution in [0.5, 0.6) is 0 Å². The largest absolute Gasteiger partial charge is 0.341 e. The maximum absolute atomic E-state index is 12.5. The molecule has 1 saturated heterocycles. The Hall–Kier alpha value is -1.27. The van der Waals surface area contributed by atoms with Crippen LogP contribution in [-0.4, -0.2) is 44.6 Å². The number of benzene rings is 1. The summed E-state index contributed by atoms with van der Waals surface area (Å²) in [4.78, 5) is 14.2. The summed E-state index contributed by atoms with van der Waals surface area (Å²) in [6.45, 7) is 3.01. The SMILES string of the molecule is C[C@H](C(=O)N1CCCC1)N(c1ccc(Cl)cc1)S(C)(=O)=O. The molecule has 0 spiro atoms. The molecule has 1 heterocycles. The van der Waals surface area contributed by atoms with Crippen molar-refractivity contribution in [1.29, 1.82) is 0 Å². The third kappa shape index (κ3) is 3.68. The number of likely N-dealkylation sites (tertiary alicyclic amines) is 1. The van der Waals surface area contributed by atoms with Crippen molar-refractivity contribution in [1.82, 2.24) is 4.90 Å². The second-order valence-corrected chi connectivity index (χ2v) is 7.54. The fraction of sp³-hybridized carbons (Fsp3) is 0.500. The van der Waals surface area contributed by atoms with Crippen LogP contribution < -0.4 is 4.31 Å². The molecule has 1 amide bonds. The summed E-state index contributed by atoms with van der Waals surface area (Å²) in [7, 11) is -3.56. The zero-order valence-corrected chi connectivity index (χ0v) is 13.7. The molecule has 0 aliphatic carbocycles. The third-order valence-electron chi connectivity index (χ3n) is 3.57. The predicted octanol–water partition coefficient (Wildman–Crippen LogP) is 2.12. The number of hydrogen-bond donors (Lipinski definition) is 0. The van der Waals surface area contributed by atoms with E-state index in [-0.39, 0.29) is 5.91 Å². The predicted molar refractivity (Wildman–Crippen MR) is 84.1 cm³/mol. The molecular formula is C14H19ClN2O3S. The van der Waals surface area contributed by atoms with Crippen LogP contribution in [0.25, 0.3) is 0 Å². The number of carbonyl (C=O) groups excluding carboxylic acids is 1. The minimum atomic E-state index is -3.56. The van der Waals surface area contributed by atoms with Gasteiger partial charge < -0.3 is 4.90 Å². The Kier molecular flexibility index (Phi) is 4.78. The molecule has 21 heavy (non-hydrogen) atoms. The Labute approximate surface area is 130 Å². The summed E-state index contributed by atoms with van der Waals surface area (Å²) < 4.78 is 25.4. The third-order valence-corrected chi connectivity index (χ3v) is 5.06. The number of amides is 1. The van der Waals surface area contributed by atoms with Gasteiger partial charge in [-0.2, -0.15) is 0 Å². The van der Waals surface area contributed by atoms with Gasteiger partial charge in [0.15, 0.2) is 0 Å². The number of hydrogen-bond acceptors (Lipinski definition) is 3. The lowest BCUT2D eigenvalue weighted by molar-refractivity contribution is -0.130. The average molecular weight is 331 g/mol. The van der Waals surface area contributed by atoms with E-state index in [0.29, 0.717) is 23.8 Å². The van der Waals surface area contributed by atoms with Gasteiger partial charge in [0, 0.05) is 18.1 Å². The Morgan fingerprint density at radius 1 is 1.24 bits per heavy atom. The second-order valence-electron chi connectivity index (χ2n) is 5.24. The zero-order valence-electron chi connectivity index (χ0n) is 12.1. The van der Waals surface area contributed by atoms with Crippen molar-refractivity contribution in [2.24, 2.45) is 0 Å². The van der Waals surface area contributed by atoms with E-state index in [1.165, 1.54) is 0 Å². The summed E-state index contributed by atoms with van der Waals surface area (Å²) in [6, 6.07) is 5.68. The van der Waals surface area contributed by atoms with Gasteiger partial charge in [-0.25, -0.2) is 8.42 Å². The van der Waals surface area contributed by atoms with Crippen LogP contribution in [0.2, 0.25) is 5.02 Å². The molecule has 0 radical (unpaired) electrons. The summed E-state index contributed by atoms with van der Waals surface area (Å²) in [5.41, 5.74) is 0.446. The maximum Gasteiger partial charge on any atom is 0.246 e. The fourth-order valence-electron chi connectivity index (χ4n) is 2.59. The van der Waals surface area contributed by atoms with E-state index in [2.05, 4.69) is 0 Å². The number of anilines is 1. The van der Waals surface area contributed by atoms with Crippen molar-refractivity contribution in [3.8, 4) is 0 Å². The van der Waals surface area contributed by atoms with Gasteiger partial charge in [0.1, 0.15) is 6.04 Å². The fourth-order valence-corrected chi connectivity index (χ4v) is 3.89. The molecule has 1 aromatic carbocycles. The lowest BCUT2D eigenvalue weighted by Gasteiger charge is -2.31. The monoisotopic (exact) mass is 330 g/mol. The maximum atomic E-state index is 12.5. The molecule has 116 valence electrons. The molecule has 1 fully saturated rings. The number of nitrogens with zero attached hydrogens (tertiary/aromatic N) is 2. The van der Waals surface area contributed by atoms with Gasteiger partial charge in [-0.3, -0.25) is 9.10 Å². The van der Waals surface area contributed by atoms with Gasteiger partial charge in [-0.05, 0) is 44.0 Å². The molecule has 1 aliphatic rings. The van der Waals surface area contributed by atoms with Crippen LogP contribution >= 0.6 is 11.6 Å². The van der Waals surface area contributed by atoms with E-state index < -0.39 is 16.1 Å². The number of halogens is 1. The Balaban J connectivity index is 2.32. The average Bonchev–Trinajstić information content (AvgIpc) is 2.92. The standard InChI is InChI=1S/C14H19ClN2O3S/c1-11(14(18)16-9-3-4-10-16)17(21(2,19)20)13-7-5-12(15)6-8-13/h5-8,11H,3-4,9-10H2,1-2H3/t11-/m1/s1. The second kappa shape index (κ2) is 6.23. The molecule has 1 aromatic rings. The summed E-state index contributed by atoms with van der Waals surface area (Å²) >= 11 is 5.83. The van der Waals surface area contributed by atoms with Crippen molar-refractivity contribution in [2.75, 3.05) is 23.7 Å². The molecule has 7 heteroatoms. The van der Waals surface area contributed by atoms with Crippen LogP contribution in [0, 0.1) is 0 Å². The topological polar surface area (TPSA) is 57.7 Å². The highest BCUT2D eigenvalue weighted by Crippen LogP contribution is 2.24. The first kappa shape index (κ1) is 16.1. The zero-order chi connectivity index (χ0) is 15.6. The molecular weight excluding hydrogens is 312 g/mol. The van der Waals surface area contributed by atoms with Gasteiger partial charge in [0.25, 0.3) is 0 Å². The van der Waals surface area contributed by atoms with Gasteiger partial charge in [0.2, 0.25) is 15.9 Å². The van der Waals surface area contributed by atoms with Gasteiger partial charge in [0.05, 0.1) is 11.9 Å². The Bertz CT molecular complexity index is 610. The van der Waals surface area contributed by atoms with E-state index in [9.17, 15) is 13.2 Å². The van der Waals surface area contributed by atoms with E-state index in [0.717, 1.165) is 23.4 Å². The Morgan fingerprint density at radius 3 is 2.24 bits per heavy atom. The number of rotatable bonds is 4. The highest BCUT2D eigenvalue weighted by molar-refractivity contribution is 7.92. The van der Waals surface area contributed by atoms with Gasteiger partial charge >= 0.3 is 0 Å². The first-order valence-corrected chi connectivity index (χ1v) is 9.07. The van der Waals surface area contributed by atoms with Crippen LogP contribution in [0.1, 0.15) is 19.8 Å². The van der Waals surface area contributed by atoms with E-state index in [1.54, 1.807) is 36.1 Å². The van der Waals surface area contributed by atoms with E-state index in [4.69, 9.17) is 11.6 Å². The van der Waals surface area contributed by atoms with Crippen molar-refractivity contribution >= 4 is 33.2 Å². The van der Waals surface area contributed by atoms with Crippen LogP contribution in [0.3, 0.4) is 0 Å². The summed E-state index contributed by atoms with van der Waals surface area (Å²) in [5, 5.41) is 0.519. The molecule has 1 aliphatic heterocycles. The van der Waals surface area contributed by atoms with Gasteiger partial charge in [-0.15, -0.1) is 0 Å². The Morgan fingerprint density at radius 2 is 1.76 bits per heavy atom. The lowest BCUT2D eigenvalue weighted by Crippen LogP contribution is -2.48. The van der Waals surface area contributed by atoms with E-state index >= 15 is 0 Å². The summed E-state index contributed by atoms with van der Waals surface area (Å²) in [5.74, 6) is -0.159. The quantitative estimate of drug-likeness (QED) is 0.849. The normalized spacial score (nSPS) is 16.8. The molecule has 0 N–H and O–H groups in total. The number of carbonyl (C=O) groups is 1. The van der Waals surface area contributed by atoms with Crippen molar-refractivity contribution in [3.63, 3.8) is 0 Å². The lowest BCUT2D eigenvalue weighted by atomic mass is 10.2. The molecule has 0 saturated carbocycles. The highest BCUT2D eigenvalue weighted by atomic mass is 35.5. The van der Waals surface area contributed by atoms with Crippen molar-refractivity contribution in [3.05, 3.63) is 29.3 Å². The van der Waals surface area contributed by atoms with Crippen molar-refractivity contribution in [2.45, 2.75) is 25.8 Å². The first-order chi connectivity index (χ1) is 9.80. The van der Waals surface area contributed by atoms with Crippen LogP contribution in [0.4, 0.5) is 5.69 Å². The van der Waals surface area contributed by atoms with Crippen LogP contribution in [0.15, 0.2) is 24.3 Å². The van der Waals surface area contributed by atoms with Crippen molar-refractivity contribution < 1.29 is 13.2 Å². The smallest absolute Gasteiger partial charge is 0.246 e. The molecule has 2 rings (SSSR count).